The average molecular weight is 427 g/mol. The van der Waals surface area contributed by atoms with Crippen molar-refractivity contribution in [2.75, 3.05) is 11.9 Å². The second-order valence-electron chi connectivity index (χ2n) is 8.32. The summed E-state index contributed by atoms with van der Waals surface area (Å²) in [7, 11) is 0. The molecule has 0 unspecified atom stereocenters. The zero-order chi connectivity index (χ0) is 22.1. The van der Waals surface area contributed by atoms with Gasteiger partial charge in [-0.05, 0) is 57.0 Å². The molecule has 2 N–H and O–H groups in total. The number of aromatic amines is 1. The Kier molecular flexibility index (Phi) is 5.31. The number of anilines is 1. The molecule has 1 aliphatic rings. The number of H-pyrrole nitrogens is 1. The number of nitrogens with one attached hydrogen (secondary N) is 2. The number of hydrogen-bond acceptors (Lipinski definition) is 5. The van der Waals surface area contributed by atoms with Gasteiger partial charge < -0.3 is 15.2 Å². The summed E-state index contributed by atoms with van der Waals surface area (Å²) in [5, 5.41) is 4.79. The number of fused-ring (bicyclic) bond motifs is 1. The number of piperidine rings is 1. The topological polar surface area (TPSA) is 86.8 Å². The Hall–Kier alpha value is -3.74. The zero-order valence-electron chi connectivity index (χ0n) is 18.2. The fourth-order valence-electron chi connectivity index (χ4n) is 4.45. The highest BCUT2D eigenvalue weighted by Gasteiger charge is 2.33. The molecular formula is C25H26N6O. The van der Waals surface area contributed by atoms with Gasteiger partial charge in [0.15, 0.2) is 5.82 Å². The predicted molar refractivity (Wildman–Crippen MR) is 125 cm³/mol. The Morgan fingerprint density at radius 3 is 2.75 bits per heavy atom. The molecule has 0 radical (unpaired) electrons. The number of pyridine rings is 1. The average Bonchev–Trinajstić information content (AvgIpc) is 3.23. The summed E-state index contributed by atoms with van der Waals surface area (Å²) < 4.78 is 0. The molecule has 7 heteroatoms. The standard InChI is InChI=1S/C25H26N6O/c1-16-10-11-19(24-26-12-6-13-27-24)23(28-16)25(32)31-14-5-9-20(17(31)2)29-22-15-18-7-3-4-8-21(18)30-22/h3-4,6-8,10-13,15,17,20,29-30H,5,9,14H2,1-2H3/t17-,20+/m0/s1. The van der Waals surface area contributed by atoms with E-state index in [1.54, 1.807) is 18.5 Å². The third kappa shape index (κ3) is 3.82. The van der Waals surface area contributed by atoms with Crippen molar-refractivity contribution in [2.45, 2.75) is 38.8 Å². The summed E-state index contributed by atoms with van der Waals surface area (Å²) in [6.07, 6.45) is 5.29. The van der Waals surface area contributed by atoms with Gasteiger partial charge in [0.1, 0.15) is 11.5 Å². The number of aromatic nitrogens is 4. The summed E-state index contributed by atoms with van der Waals surface area (Å²) in [6, 6.07) is 16.0. The smallest absolute Gasteiger partial charge is 0.273 e. The Bertz CT molecular complexity index is 1220. The van der Waals surface area contributed by atoms with E-state index < -0.39 is 0 Å². The van der Waals surface area contributed by atoms with Gasteiger partial charge in [-0.1, -0.05) is 18.2 Å². The van der Waals surface area contributed by atoms with Crippen LogP contribution in [0.5, 0.6) is 0 Å². The van der Waals surface area contributed by atoms with Gasteiger partial charge in [0.25, 0.3) is 5.91 Å². The highest BCUT2D eigenvalue weighted by molar-refractivity contribution is 5.98. The fraction of sp³-hybridized carbons (Fsp3) is 0.280. The van der Waals surface area contributed by atoms with Crippen molar-refractivity contribution in [2.24, 2.45) is 0 Å². The number of aryl methyl sites for hydroxylation is 1. The van der Waals surface area contributed by atoms with Crippen LogP contribution in [0.1, 0.15) is 35.9 Å². The molecule has 1 aromatic carbocycles. The van der Waals surface area contributed by atoms with Crippen LogP contribution in [0.15, 0.2) is 60.9 Å². The number of carbonyl (C=O) groups excluding carboxylic acids is 1. The lowest BCUT2D eigenvalue weighted by Gasteiger charge is -2.40. The third-order valence-electron chi connectivity index (χ3n) is 6.16. The van der Waals surface area contributed by atoms with Crippen molar-refractivity contribution in [1.29, 1.82) is 0 Å². The van der Waals surface area contributed by atoms with E-state index in [9.17, 15) is 4.79 Å². The van der Waals surface area contributed by atoms with Gasteiger partial charge in [-0.15, -0.1) is 0 Å². The maximum atomic E-state index is 13.7. The van der Waals surface area contributed by atoms with Gasteiger partial charge >= 0.3 is 0 Å². The molecule has 2 atom stereocenters. The van der Waals surface area contributed by atoms with Crippen molar-refractivity contribution in [3.8, 4) is 11.4 Å². The van der Waals surface area contributed by atoms with Crippen molar-refractivity contribution in [3.63, 3.8) is 0 Å². The minimum absolute atomic E-state index is 0.00881. The Labute approximate surface area is 186 Å². The third-order valence-corrected chi connectivity index (χ3v) is 6.16. The molecule has 162 valence electrons. The number of para-hydroxylation sites is 1. The van der Waals surface area contributed by atoms with Crippen molar-refractivity contribution >= 4 is 22.6 Å². The van der Waals surface area contributed by atoms with E-state index in [2.05, 4.69) is 50.4 Å². The van der Waals surface area contributed by atoms with Crippen LogP contribution >= 0.6 is 0 Å². The monoisotopic (exact) mass is 426 g/mol. The Morgan fingerprint density at radius 1 is 1.12 bits per heavy atom. The van der Waals surface area contributed by atoms with E-state index in [-0.39, 0.29) is 18.0 Å². The first kappa shape index (κ1) is 20.2. The van der Waals surface area contributed by atoms with Crippen molar-refractivity contribution < 1.29 is 4.79 Å². The first-order valence-corrected chi connectivity index (χ1v) is 11.0. The first-order chi connectivity index (χ1) is 15.6. The zero-order valence-corrected chi connectivity index (χ0v) is 18.2. The minimum atomic E-state index is -0.0770. The molecule has 0 bridgehead atoms. The molecule has 1 amide bonds. The molecule has 4 aromatic rings. The van der Waals surface area contributed by atoms with E-state index in [0.29, 0.717) is 23.6 Å². The normalized spacial score (nSPS) is 18.6. The van der Waals surface area contributed by atoms with Crippen LogP contribution in [0.3, 0.4) is 0 Å². The minimum Gasteiger partial charge on any atom is -0.367 e. The van der Waals surface area contributed by atoms with Crippen LogP contribution in [0.25, 0.3) is 22.3 Å². The number of nitrogens with zero attached hydrogens (tertiary/aromatic N) is 4. The van der Waals surface area contributed by atoms with E-state index in [1.807, 2.05) is 36.1 Å². The van der Waals surface area contributed by atoms with Crippen LogP contribution in [-0.4, -0.2) is 49.4 Å². The maximum Gasteiger partial charge on any atom is 0.273 e. The largest absolute Gasteiger partial charge is 0.367 e. The Morgan fingerprint density at radius 2 is 1.94 bits per heavy atom. The summed E-state index contributed by atoms with van der Waals surface area (Å²) >= 11 is 0. The summed E-state index contributed by atoms with van der Waals surface area (Å²) in [4.78, 5) is 32.3. The van der Waals surface area contributed by atoms with Crippen molar-refractivity contribution in [3.05, 3.63) is 72.3 Å². The molecule has 5 rings (SSSR count). The molecule has 0 saturated carbocycles. The van der Waals surface area contributed by atoms with E-state index >= 15 is 0 Å². The highest BCUT2D eigenvalue weighted by atomic mass is 16.2. The van der Waals surface area contributed by atoms with Gasteiger partial charge in [-0.25, -0.2) is 15.0 Å². The van der Waals surface area contributed by atoms with E-state index in [0.717, 1.165) is 29.9 Å². The number of likely N-dealkylation sites (tertiary alicyclic amines) is 1. The second kappa shape index (κ2) is 8.42. The highest BCUT2D eigenvalue weighted by Crippen LogP contribution is 2.27. The molecule has 1 aliphatic heterocycles. The lowest BCUT2D eigenvalue weighted by atomic mass is 9.96. The molecule has 3 aromatic heterocycles. The van der Waals surface area contributed by atoms with Gasteiger partial charge in [0, 0.05) is 47.6 Å². The van der Waals surface area contributed by atoms with Crippen molar-refractivity contribution in [1.82, 2.24) is 24.8 Å². The molecular weight excluding hydrogens is 400 g/mol. The number of amides is 1. The predicted octanol–water partition coefficient (Wildman–Crippen LogP) is 4.43. The summed E-state index contributed by atoms with van der Waals surface area (Å²) in [5.41, 5.74) is 2.97. The van der Waals surface area contributed by atoms with Crippen LogP contribution < -0.4 is 5.32 Å². The molecule has 0 aliphatic carbocycles. The SMILES string of the molecule is Cc1ccc(-c2ncccn2)c(C(=O)N2CCC[C@@H](Nc3cc4ccccc4[nH]3)[C@@H]2C)n1. The second-order valence-corrected chi connectivity index (χ2v) is 8.32. The van der Waals surface area contributed by atoms with Crippen LogP contribution in [0, 0.1) is 6.92 Å². The van der Waals surface area contributed by atoms with E-state index in [1.165, 1.54) is 5.39 Å². The Balaban J connectivity index is 1.41. The summed E-state index contributed by atoms with van der Waals surface area (Å²) in [5.74, 6) is 1.41. The molecule has 7 nitrogen and oxygen atoms in total. The lowest BCUT2D eigenvalue weighted by molar-refractivity contribution is 0.0611. The van der Waals surface area contributed by atoms with Crippen LogP contribution in [-0.2, 0) is 0 Å². The molecule has 1 saturated heterocycles. The molecule has 1 fully saturated rings. The molecule has 4 heterocycles. The summed E-state index contributed by atoms with van der Waals surface area (Å²) in [6.45, 7) is 4.70. The molecule has 32 heavy (non-hydrogen) atoms. The first-order valence-electron chi connectivity index (χ1n) is 11.0. The number of carbonyl (C=O) groups is 1. The van der Waals surface area contributed by atoms with Gasteiger partial charge in [0.2, 0.25) is 0 Å². The van der Waals surface area contributed by atoms with Crippen LogP contribution in [0.2, 0.25) is 0 Å². The number of rotatable bonds is 4. The van der Waals surface area contributed by atoms with Gasteiger partial charge in [-0.3, -0.25) is 4.79 Å². The van der Waals surface area contributed by atoms with Gasteiger partial charge in [0.05, 0.1) is 5.56 Å². The fourth-order valence-corrected chi connectivity index (χ4v) is 4.45. The van der Waals surface area contributed by atoms with Gasteiger partial charge in [-0.2, -0.15) is 0 Å². The number of hydrogen-bond donors (Lipinski definition) is 2. The van der Waals surface area contributed by atoms with Crippen LogP contribution in [0.4, 0.5) is 5.82 Å². The number of benzene rings is 1. The van der Waals surface area contributed by atoms with E-state index in [4.69, 9.17) is 0 Å². The quantitative estimate of drug-likeness (QED) is 0.504. The maximum absolute atomic E-state index is 13.7. The molecule has 0 spiro atoms. The lowest BCUT2D eigenvalue weighted by Crippen LogP contribution is -2.52.